The molecule has 0 spiro atoms. The Kier molecular flexibility index (Phi) is 2.40. The van der Waals surface area contributed by atoms with Gasteiger partial charge in [0.15, 0.2) is 0 Å². The topological polar surface area (TPSA) is 12.5 Å². The van der Waals surface area contributed by atoms with Gasteiger partial charge in [-0.2, -0.15) is 0 Å². The number of nitrogens with zero attached hydrogens (tertiary/aromatic N) is 1. The summed E-state index contributed by atoms with van der Waals surface area (Å²) in [6.45, 7) is 5.78. The molecular weight excluding hydrogens is 173 g/mol. The first kappa shape index (κ1) is 9.44. The van der Waals surface area contributed by atoms with Gasteiger partial charge in [0.25, 0.3) is 0 Å². The van der Waals surface area contributed by atoms with Crippen LogP contribution in [0, 0.1) is 0 Å². The number of anilines is 1. The van der Waals surface area contributed by atoms with Crippen molar-refractivity contribution in [2.24, 2.45) is 0 Å². The van der Waals surface area contributed by atoms with Crippen LogP contribution in [0.2, 0.25) is 0 Å². The van der Waals surface area contributed by atoms with E-state index in [1.54, 1.807) is 4.81 Å². The SMILES string of the molecule is [B]N1CCOc2ccc(C(C)C)cc21. The van der Waals surface area contributed by atoms with Gasteiger partial charge in [-0.15, -0.1) is 0 Å². The molecule has 0 aliphatic carbocycles. The number of hydrogen-bond donors (Lipinski definition) is 0. The van der Waals surface area contributed by atoms with Crippen molar-refractivity contribution in [3.8, 4) is 5.75 Å². The highest BCUT2D eigenvalue weighted by Gasteiger charge is 2.15. The quantitative estimate of drug-likeness (QED) is 0.624. The molecule has 72 valence electrons. The minimum Gasteiger partial charge on any atom is -0.490 e. The van der Waals surface area contributed by atoms with Crippen molar-refractivity contribution in [3.05, 3.63) is 23.8 Å². The standard InChI is InChI=1S/C11H14BNO/c1-8(2)9-3-4-11-10(7-9)13(12)5-6-14-11/h3-4,7-8H,5-6H2,1-2H3. The van der Waals surface area contributed by atoms with Crippen molar-refractivity contribution in [1.82, 2.24) is 0 Å². The van der Waals surface area contributed by atoms with Crippen LogP contribution in [0.15, 0.2) is 18.2 Å². The summed E-state index contributed by atoms with van der Waals surface area (Å²) >= 11 is 0. The average molecular weight is 187 g/mol. The summed E-state index contributed by atoms with van der Waals surface area (Å²) in [6.07, 6.45) is 0. The maximum atomic E-state index is 5.87. The molecule has 1 aliphatic rings. The van der Waals surface area contributed by atoms with Gasteiger partial charge < -0.3 is 9.55 Å². The highest BCUT2D eigenvalue weighted by Crippen LogP contribution is 2.33. The molecule has 0 bridgehead atoms. The van der Waals surface area contributed by atoms with Crippen LogP contribution in [-0.4, -0.2) is 21.1 Å². The first-order valence-electron chi connectivity index (χ1n) is 4.97. The highest BCUT2D eigenvalue weighted by atomic mass is 16.5. The van der Waals surface area contributed by atoms with Gasteiger partial charge in [-0.25, -0.2) is 0 Å². The van der Waals surface area contributed by atoms with Crippen LogP contribution in [-0.2, 0) is 0 Å². The Morgan fingerprint density at radius 2 is 2.21 bits per heavy atom. The fourth-order valence-electron chi connectivity index (χ4n) is 1.61. The van der Waals surface area contributed by atoms with Gasteiger partial charge in [0.1, 0.15) is 12.4 Å². The van der Waals surface area contributed by atoms with Crippen molar-refractivity contribution >= 4 is 13.7 Å². The third-order valence-corrected chi connectivity index (χ3v) is 2.55. The molecule has 0 aromatic heterocycles. The summed E-state index contributed by atoms with van der Waals surface area (Å²) in [7, 11) is 5.87. The van der Waals surface area contributed by atoms with Gasteiger partial charge in [0.05, 0.1) is 5.69 Å². The van der Waals surface area contributed by atoms with Crippen LogP contribution in [0.5, 0.6) is 5.75 Å². The summed E-state index contributed by atoms with van der Waals surface area (Å²) < 4.78 is 5.51. The second-order valence-corrected chi connectivity index (χ2v) is 3.92. The van der Waals surface area contributed by atoms with E-state index < -0.39 is 0 Å². The summed E-state index contributed by atoms with van der Waals surface area (Å²) in [5.41, 5.74) is 2.30. The molecule has 1 heterocycles. The highest BCUT2D eigenvalue weighted by molar-refractivity contribution is 6.18. The number of fused-ring (bicyclic) bond motifs is 1. The zero-order chi connectivity index (χ0) is 10.1. The van der Waals surface area contributed by atoms with Crippen molar-refractivity contribution in [1.29, 1.82) is 0 Å². The minimum atomic E-state index is 0.524. The first-order chi connectivity index (χ1) is 6.68. The molecule has 1 aromatic carbocycles. The van der Waals surface area contributed by atoms with E-state index in [1.807, 2.05) is 6.07 Å². The third-order valence-electron chi connectivity index (χ3n) is 2.55. The van der Waals surface area contributed by atoms with Crippen LogP contribution in [0.3, 0.4) is 0 Å². The second-order valence-electron chi connectivity index (χ2n) is 3.92. The summed E-state index contributed by atoms with van der Waals surface area (Å²) in [6, 6.07) is 6.21. The number of benzene rings is 1. The molecule has 0 fully saturated rings. The number of ether oxygens (including phenoxy) is 1. The third kappa shape index (κ3) is 1.59. The van der Waals surface area contributed by atoms with E-state index in [0.717, 1.165) is 18.0 Å². The molecule has 0 saturated carbocycles. The molecular formula is C11H14BNO. The maximum Gasteiger partial charge on any atom is 0.226 e. The zero-order valence-corrected chi connectivity index (χ0v) is 8.66. The smallest absolute Gasteiger partial charge is 0.226 e. The lowest BCUT2D eigenvalue weighted by Crippen LogP contribution is -2.30. The Morgan fingerprint density at radius 3 is 2.93 bits per heavy atom. The van der Waals surface area contributed by atoms with Gasteiger partial charge >= 0.3 is 0 Å². The fourth-order valence-corrected chi connectivity index (χ4v) is 1.61. The summed E-state index contributed by atoms with van der Waals surface area (Å²) in [5, 5.41) is 0. The molecule has 2 rings (SSSR count). The van der Waals surface area contributed by atoms with Gasteiger partial charge in [0, 0.05) is 6.54 Å². The monoisotopic (exact) mass is 187 g/mol. The predicted molar refractivity (Wildman–Crippen MR) is 59.1 cm³/mol. The normalized spacial score (nSPS) is 15.2. The predicted octanol–water partition coefficient (Wildman–Crippen LogP) is 2.09. The summed E-state index contributed by atoms with van der Waals surface area (Å²) in [4.78, 5) is 1.75. The van der Waals surface area contributed by atoms with Crippen molar-refractivity contribution < 1.29 is 4.74 Å². The minimum absolute atomic E-state index is 0.524. The lowest BCUT2D eigenvalue weighted by molar-refractivity contribution is 0.316. The zero-order valence-electron chi connectivity index (χ0n) is 8.66. The number of rotatable bonds is 1. The molecule has 1 aromatic rings. The van der Waals surface area contributed by atoms with E-state index in [0.29, 0.717) is 12.5 Å². The van der Waals surface area contributed by atoms with E-state index in [-0.39, 0.29) is 0 Å². The first-order valence-corrected chi connectivity index (χ1v) is 4.97. The molecule has 1 aliphatic heterocycles. The molecule has 0 atom stereocenters. The maximum absolute atomic E-state index is 5.87. The largest absolute Gasteiger partial charge is 0.490 e. The Balaban J connectivity index is 2.41. The van der Waals surface area contributed by atoms with Gasteiger partial charge in [-0.3, -0.25) is 0 Å². The Hall–Kier alpha value is -1.12. The van der Waals surface area contributed by atoms with E-state index in [2.05, 4.69) is 26.0 Å². The van der Waals surface area contributed by atoms with Crippen LogP contribution in [0.1, 0.15) is 25.3 Å². The average Bonchev–Trinajstić information content (AvgIpc) is 2.18. The van der Waals surface area contributed by atoms with Crippen molar-refractivity contribution in [2.45, 2.75) is 19.8 Å². The van der Waals surface area contributed by atoms with E-state index in [1.165, 1.54) is 5.56 Å². The van der Waals surface area contributed by atoms with Crippen molar-refractivity contribution in [2.75, 3.05) is 18.0 Å². The van der Waals surface area contributed by atoms with Gasteiger partial charge in [-0.1, -0.05) is 19.9 Å². The molecule has 3 heteroatoms. The molecule has 2 radical (unpaired) electrons. The van der Waals surface area contributed by atoms with Crippen LogP contribution < -0.4 is 9.55 Å². The van der Waals surface area contributed by atoms with E-state index in [9.17, 15) is 0 Å². The molecule has 0 saturated heterocycles. The second kappa shape index (κ2) is 3.56. The van der Waals surface area contributed by atoms with Gasteiger partial charge in [-0.05, 0) is 23.6 Å². The summed E-state index contributed by atoms with van der Waals surface area (Å²) in [5.74, 6) is 1.42. The molecule has 0 unspecified atom stereocenters. The van der Waals surface area contributed by atoms with Crippen LogP contribution in [0.4, 0.5) is 5.69 Å². The van der Waals surface area contributed by atoms with E-state index in [4.69, 9.17) is 12.7 Å². The number of hydrogen-bond acceptors (Lipinski definition) is 2. The Morgan fingerprint density at radius 1 is 1.43 bits per heavy atom. The lowest BCUT2D eigenvalue weighted by Gasteiger charge is -2.29. The van der Waals surface area contributed by atoms with Crippen molar-refractivity contribution in [3.63, 3.8) is 0 Å². The van der Waals surface area contributed by atoms with Crippen LogP contribution >= 0.6 is 0 Å². The van der Waals surface area contributed by atoms with E-state index >= 15 is 0 Å². The van der Waals surface area contributed by atoms with Crippen LogP contribution in [0.25, 0.3) is 0 Å². The molecule has 2 nitrogen and oxygen atoms in total. The molecule has 14 heavy (non-hydrogen) atoms. The Bertz CT molecular complexity index is 338. The molecule has 0 amide bonds. The Labute approximate surface area is 86.3 Å². The molecule has 0 N–H and O–H groups in total. The van der Waals surface area contributed by atoms with Gasteiger partial charge in [0.2, 0.25) is 7.98 Å². The fraction of sp³-hybridized carbons (Fsp3) is 0.455. The lowest BCUT2D eigenvalue weighted by atomic mass is 10.0.